The maximum Gasteiger partial charge on any atom is 0.337 e. The number of rotatable bonds is 6. The minimum atomic E-state index is -0.526. The van der Waals surface area contributed by atoms with Gasteiger partial charge in [-0.1, -0.05) is 19.4 Å². The van der Waals surface area contributed by atoms with E-state index in [1.807, 2.05) is 13.0 Å². The summed E-state index contributed by atoms with van der Waals surface area (Å²) in [5, 5.41) is 0.299. The molecule has 0 amide bonds. The molecule has 7 heteroatoms. The molecule has 3 aromatic rings. The van der Waals surface area contributed by atoms with Gasteiger partial charge < -0.3 is 9.15 Å². The Labute approximate surface area is 137 Å². The normalized spacial score (nSPS) is 10.9. The zero-order valence-electron chi connectivity index (χ0n) is 13.2. The van der Waals surface area contributed by atoms with Crippen LogP contribution in [0.15, 0.2) is 44.5 Å². The average Bonchev–Trinajstić information content (AvgIpc) is 2.58. The van der Waals surface area contributed by atoms with E-state index in [0.29, 0.717) is 23.1 Å². The van der Waals surface area contributed by atoms with Crippen molar-refractivity contribution in [2.45, 2.75) is 32.8 Å². The molecule has 0 fully saturated rings. The predicted octanol–water partition coefficient (Wildman–Crippen LogP) is 2.19. The van der Waals surface area contributed by atoms with Crippen LogP contribution in [0.4, 0.5) is 0 Å². The number of hydrogen-bond acceptors (Lipinski definition) is 6. The Balaban J connectivity index is 1.95. The Hall–Kier alpha value is -2.96. The lowest BCUT2D eigenvalue weighted by Crippen LogP contribution is -2.15. The first-order valence-electron chi connectivity index (χ1n) is 7.77. The summed E-state index contributed by atoms with van der Waals surface area (Å²) < 4.78 is 10.5. The van der Waals surface area contributed by atoms with E-state index >= 15 is 0 Å². The number of fused-ring (bicyclic) bond motifs is 1. The van der Waals surface area contributed by atoms with Gasteiger partial charge in [-0.2, -0.15) is 4.98 Å². The van der Waals surface area contributed by atoms with Crippen LogP contribution in [-0.4, -0.2) is 15.0 Å². The number of H-pyrrole nitrogens is 1. The molecule has 3 aromatic heterocycles. The molecule has 0 atom stereocenters. The molecule has 0 aromatic carbocycles. The first kappa shape index (κ1) is 15.9. The summed E-state index contributed by atoms with van der Waals surface area (Å²) in [6.07, 6.45) is 4.10. The van der Waals surface area contributed by atoms with E-state index in [4.69, 9.17) is 9.15 Å². The van der Waals surface area contributed by atoms with E-state index in [2.05, 4.69) is 15.0 Å². The third kappa shape index (κ3) is 3.51. The lowest BCUT2D eigenvalue weighted by Gasteiger charge is -2.07. The molecule has 0 radical (unpaired) electrons. The van der Waals surface area contributed by atoms with Crippen molar-refractivity contribution in [1.29, 1.82) is 0 Å². The second-order valence-electron chi connectivity index (χ2n) is 5.36. The number of nitrogens with zero attached hydrogens (tertiary/aromatic N) is 2. The van der Waals surface area contributed by atoms with Crippen LogP contribution in [0.5, 0.6) is 6.01 Å². The first-order valence-corrected chi connectivity index (χ1v) is 7.77. The van der Waals surface area contributed by atoms with Gasteiger partial charge in [0.15, 0.2) is 0 Å². The fourth-order valence-corrected chi connectivity index (χ4v) is 2.39. The van der Waals surface area contributed by atoms with Crippen LogP contribution >= 0.6 is 0 Å². The Morgan fingerprint density at radius 3 is 2.92 bits per heavy atom. The van der Waals surface area contributed by atoms with Gasteiger partial charge in [0, 0.05) is 12.3 Å². The van der Waals surface area contributed by atoms with Crippen LogP contribution in [0, 0.1) is 0 Å². The monoisotopic (exact) mass is 327 g/mol. The quantitative estimate of drug-likeness (QED) is 0.745. The lowest BCUT2D eigenvalue weighted by atomic mass is 10.1. The Bertz CT molecular complexity index is 947. The maximum atomic E-state index is 12.4. The van der Waals surface area contributed by atoms with Crippen molar-refractivity contribution in [3.8, 4) is 6.01 Å². The molecule has 0 bridgehead atoms. The summed E-state index contributed by atoms with van der Waals surface area (Å²) in [5.74, 6) is 0. The van der Waals surface area contributed by atoms with Crippen molar-refractivity contribution in [2.75, 3.05) is 0 Å². The number of ether oxygens (including phenoxy) is 1. The van der Waals surface area contributed by atoms with Gasteiger partial charge in [0.25, 0.3) is 11.6 Å². The third-order valence-electron chi connectivity index (χ3n) is 3.56. The molecular weight excluding hydrogens is 310 g/mol. The smallest absolute Gasteiger partial charge is 0.337 e. The number of nitrogens with one attached hydrogen (secondary N) is 1. The minimum Gasteiger partial charge on any atom is -0.458 e. The molecule has 0 aliphatic heterocycles. The highest BCUT2D eigenvalue weighted by Crippen LogP contribution is 2.15. The van der Waals surface area contributed by atoms with E-state index < -0.39 is 5.63 Å². The fraction of sp³-hybridized carbons (Fsp3) is 0.294. The van der Waals surface area contributed by atoms with Crippen LogP contribution in [0.1, 0.15) is 31.0 Å². The van der Waals surface area contributed by atoms with Gasteiger partial charge in [-0.15, -0.1) is 0 Å². The van der Waals surface area contributed by atoms with Crippen LogP contribution in [-0.2, 0) is 13.0 Å². The van der Waals surface area contributed by atoms with Crippen molar-refractivity contribution < 1.29 is 9.15 Å². The number of unbranched alkanes of at least 4 members (excludes halogenated alkanes) is 1. The van der Waals surface area contributed by atoms with Gasteiger partial charge in [-0.25, -0.2) is 4.79 Å². The average molecular weight is 327 g/mol. The van der Waals surface area contributed by atoms with Crippen molar-refractivity contribution in [2.24, 2.45) is 0 Å². The van der Waals surface area contributed by atoms with Crippen molar-refractivity contribution in [3.63, 3.8) is 0 Å². The molecule has 0 aliphatic rings. The molecule has 3 heterocycles. The van der Waals surface area contributed by atoms with Crippen LogP contribution in [0.25, 0.3) is 11.1 Å². The Kier molecular flexibility index (Phi) is 4.69. The molecule has 0 unspecified atom stereocenters. The number of aromatic amines is 1. The SMILES string of the molecule is CCCCc1cc(=O)oc2nc(OCc3ccccn3)[nH]c(=O)c12. The molecule has 24 heavy (non-hydrogen) atoms. The minimum absolute atomic E-state index is 0.00561. The van der Waals surface area contributed by atoms with Gasteiger partial charge in [0.1, 0.15) is 12.0 Å². The number of hydrogen-bond donors (Lipinski definition) is 1. The summed E-state index contributed by atoms with van der Waals surface area (Å²) in [5.41, 5.74) is 0.424. The molecular formula is C17H17N3O4. The van der Waals surface area contributed by atoms with Crippen molar-refractivity contribution in [3.05, 3.63) is 62.5 Å². The molecule has 0 aliphatic carbocycles. The predicted molar refractivity (Wildman–Crippen MR) is 88.1 cm³/mol. The van der Waals surface area contributed by atoms with Gasteiger partial charge in [-0.05, 0) is 30.5 Å². The van der Waals surface area contributed by atoms with Crippen LogP contribution in [0.3, 0.4) is 0 Å². The Morgan fingerprint density at radius 2 is 2.17 bits per heavy atom. The van der Waals surface area contributed by atoms with E-state index in [-0.39, 0.29) is 23.9 Å². The maximum absolute atomic E-state index is 12.4. The number of aryl methyl sites for hydroxylation is 1. The number of aromatic nitrogens is 3. The van der Waals surface area contributed by atoms with Gasteiger partial charge in [-0.3, -0.25) is 14.8 Å². The Morgan fingerprint density at radius 1 is 1.29 bits per heavy atom. The first-order chi connectivity index (χ1) is 11.7. The second kappa shape index (κ2) is 7.08. The van der Waals surface area contributed by atoms with E-state index in [1.165, 1.54) is 6.07 Å². The van der Waals surface area contributed by atoms with Crippen LogP contribution in [0.2, 0.25) is 0 Å². The highest BCUT2D eigenvalue weighted by Gasteiger charge is 2.13. The van der Waals surface area contributed by atoms with Gasteiger partial charge in [0.2, 0.25) is 5.71 Å². The zero-order chi connectivity index (χ0) is 16.9. The third-order valence-corrected chi connectivity index (χ3v) is 3.56. The molecule has 0 saturated heterocycles. The lowest BCUT2D eigenvalue weighted by molar-refractivity contribution is 0.275. The summed E-state index contributed by atoms with van der Waals surface area (Å²) in [6.45, 7) is 2.19. The fourth-order valence-electron chi connectivity index (χ4n) is 2.39. The van der Waals surface area contributed by atoms with E-state index in [9.17, 15) is 9.59 Å². The van der Waals surface area contributed by atoms with Crippen molar-refractivity contribution >= 4 is 11.1 Å². The largest absolute Gasteiger partial charge is 0.458 e. The second-order valence-corrected chi connectivity index (χ2v) is 5.36. The molecule has 124 valence electrons. The van der Waals surface area contributed by atoms with Gasteiger partial charge >= 0.3 is 5.63 Å². The highest BCUT2D eigenvalue weighted by atomic mass is 16.5. The van der Waals surface area contributed by atoms with Crippen LogP contribution < -0.4 is 15.9 Å². The summed E-state index contributed by atoms with van der Waals surface area (Å²) in [6, 6.07) is 6.77. The zero-order valence-corrected chi connectivity index (χ0v) is 13.2. The topological polar surface area (TPSA) is 98.1 Å². The molecule has 0 spiro atoms. The standard InChI is InChI=1S/C17H17N3O4/c1-2-3-6-11-9-13(21)24-16-14(11)15(22)19-17(20-16)23-10-12-7-4-5-8-18-12/h4-5,7-9H,2-3,6,10H2,1H3,(H,19,20,22). The highest BCUT2D eigenvalue weighted by molar-refractivity contribution is 5.75. The summed E-state index contributed by atoms with van der Waals surface area (Å²) in [7, 11) is 0. The summed E-state index contributed by atoms with van der Waals surface area (Å²) >= 11 is 0. The summed E-state index contributed by atoms with van der Waals surface area (Å²) in [4.78, 5) is 34.9. The van der Waals surface area contributed by atoms with Crippen molar-refractivity contribution in [1.82, 2.24) is 15.0 Å². The molecule has 0 saturated carbocycles. The number of pyridine rings is 1. The molecule has 7 nitrogen and oxygen atoms in total. The van der Waals surface area contributed by atoms with Gasteiger partial charge in [0.05, 0.1) is 5.69 Å². The van der Waals surface area contributed by atoms with E-state index in [0.717, 1.165) is 12.8 Å². The molecule has 3 rings (SSSR count). The van der Waals surface area contributed by atoms with E-state index in [1.54, 1.807) is 18.3 Å². The molecule has 1 N–H and O–H groups in total.